The lowest BCUT2D eigenvalue weighted by atomic mass is 9.99. The summed E-state index contributed by atoms with van der Waals surface area (Å²) < 4.78 is 0. The minimum absolute atomic E-state index is 0.0135. The van der Waals surface area contributed by atoms with Crippen molar-refractivity contribution in [2.75, 3.05) is 6.54 Å². The molecule has 2 heterocycles. The molecule has 1 aromatic carbocycles. The number of carboxylic acids is 1. The number of thiophene rings is 1. The summed E-state index contributed by atoms with van der Waals surface area (Å²) in [5.41, 5.74) is 1.08. The van der Waals surface area contributed by atoms with Crippen molar-refractivity contribution in [3.05, 3.63) is 69.9 Å². The van der Waals surface area contributed by atoms with Crippen LogP contribution in [0.25, 0.3) is 0 Å². The van der Waals surface area contributed by atoms with E-state index in [1.165, 1.54) is 11.3 Å². The highest BCUT2D eigenvalue weighted by Gasteiger charge is 2.25. The number of carbonyl (C=O) groups excluding carboxylic acids is 1. The van der Waals surface area contributed by atoms with E-state index in [-0.39, 0.29) is 11.9 Å². The third-order valence-corrected chi connectivity index (χ3v) is 6.28. The molecule has 1 aromatic heterocycles. The quantitative estimate of drug-likeness (QED) is 0.611. The molecule has 3 rings (SSSR count). The summed E-state index contributed by atoms with van der Waals surface area (Å²) in [6.45, 7) is 0.642. The van der Waals surface area contributed by atoms with Gasteiger partial charge in [0.1, 0.15) is 4.88 Å². The molecule has 1 fully saturated rings. The zero-order valence-corrected chi connectivity index (χ0v) is 17.2. The number of aryl methyl sites for hydroxylation is 1. The Morgan fingerprint density at radius 1 is 1.24 bits per heavy atom. The summed E-state index contributed by atoms with van der Waals surface area (Å²) >= 11 is 1.29. The summed E-state index contributed by atoms with van der Waals surface area (Å²) in [6, 6.07) is 13.4. The second-order valence-electron chi connectivity index (χ2n) is 7.36. The Balaban J connectivity index is 1.53. The van der Waals surface area contributed by atoms with Crippen LogP contribution in [-0.2, 0) is 17.6 Å². The van der Waals surface area contributed by atoms with Crippen LogP contribution in [0.4, 0.5) is 0 Å². The van der Waals surface area contributed by atoms with Gasteiger partial charge in [0.2, 0.25) is 5.91 Å². The number of hydrogen-bond acceptors (Lipinski definition) is 4. The van der Waals surface area contributed by atoms with E-state index in [0.717, 1.165) is 36.1 Å². The van der Waals surface area contributed by atoms with Gasteiger partial charge in [0, 0.05) is 24.3 Å². The first kappa shape index (κ1) is 21.3. The monoisotopic (exact) mass is 413 g/mol. The number of aliphatic hydroxyl groups is 1. The minimum Gasteiger partial charge on any atom is -0.477 e. The third kappa shape index (κ3) is 6.27. The third-order valence-electron chi connectivity index (χ3n) is 5.15. The van der Waals surface area contributed by atoms with Crippen LogP contribution in [0.3, 0.4) is 0 Å². The van der Waals surface area contributed by atoms with E-state index in [1.807, 2.05) is 53.5 Å². The molecule has 2 atom stereocenters. The van der Waals surface area contributed by atoms with E-state index in [2.05, 4.69) is 0 Å². The highest BCUT2D eigenvalue weighted by Crippen LogP contribution is 2.22. The molecule has 5 nitrogen and oxygen atoms in total. The maximum atomic E-state index is 12.4. The van der Waals surface area contributed by atoms with Crippen LogP contribution in [0.2, 0.25) is 0 Å². The highest BCUT2D eigenvalue weighted by molar-refractivity contribution is 7.13. The first-order valence-electron chi connectivity index (χ1n) is 10.0. The molecule has 2 aromatic rings. The molecule has 0 spiro atoms. The molecule has 0 bridgehead atoms. The molecule has 29 heavy (non-hydrogen) atoms. The van der Waals surface area contributed by atoms with E-state index in [0.29, 0.717) is 24.3 Å². The normalized spacial score (nSPS) is 18.3. The maximum Gasteiger partial charge on any atom is 0.345 e. The number of aliphatic hydroxyl groups excluding tert-OH is 1. The summed E-state index contributed by atoms with van der Waals surface area (Å²) in [7, 11) is 0. The van der Waals surface area contributed by atoms with Crippen LogP contribution in [0.1, 0.15) is 45.8 Å². The Morgan fingerprint density at radius 3 is 2.76 bits per heavy atom. The predicted octanol–water partition coefficient (Wildman–Crippen LogP) is 3.92. The molecule has 1 saturated heterocycles. The number of rotatable bonds is 9. The van der Waals surface area contributed by atoms with Gasteiger partial charge in [0.25, 0.3) is 0 Å². The fourth-order valence-corrected chi connectivity index (χ4v) is 4.56. The Morgan fingerprint density at radius 2 is 2.03 bits per heavy atom. The molecular weight excluding hydrogens is 386 g/mol. The smallest absolute Gasteiger partial charge is 0.345 e. The summed E-state index contributed by atoms with van der Waals surface area (Å²) in [6.07, 6.45) is 7.66. The van der Waals surface area contributed by atoms with Crippen molar-refractivity contribution in [3.8, 4) is 0 Å². The molecule has 1 aliphatic rings. The maximum absolute atomic E-state index is 12.4. The van der Waals surface area contributed by atoms with E-state index < -0.39 is 12.1 Å². The van der Waals surface area contributed by atoms with Gasteiger partial charge in [-0.15, -0.1) is 11.3 Å². The van der Waals surface area contributed by atoms with Crippen LogP contribution in [0, 0.1) is 0 Å². The van der Waals surface area contributed by atoms with Crippen LogP contribution in [-0.4, -0.2) is 45.7 Å². The van der Waals surface area contributed by atoms with Gasteiger partial charge >= 0.3 is 5.97 Å². The van der Waals surface area contributed by atoms with Gasteiger partial charge < -0.3 is 15.1 Å². The van der Waals surface area contributed by atoms with Crippen molar-refractivity contribution in [3.63, 3.8) is 0 Å². The number of aromatic carboxylic acids is 1. The topological polar surface area (TPSA) is 77.8 Å². The van der Waals surface area contributed by atoms with Crippen LogP contribution < -0.4 is 0 Å². The second-order valence-corrected chi connectivity index (χ2v) is 8.53. The zero-order chi connectivity index (χ0) is 20.6. The number of benzene rings is 1. The Hall–Kier alpha value is -2.44. The molecule has 154 valence electrons. The number of carbonyl (C=O) groups is 2. The van der Waals surface area contributed by atoms with Crippen LogP contribution in [0.5, 0.6) is 0 Å². The van der Waals surface area contributed by atoms with Gasteiger partial charge in [-0.2, -0.15) is 0 Å². The number of amides is 1. The Kier molecular flexibility index (Phi) is 7.61. The first-order valence-corrected chi connectivity index (χ1v) is 10.9. The molecule has 1 aliphatic heterocycles. The first-order chi connectivity index (χ1) is 14.0. The fourth-order valence-electron chi connectivity index (χ4n) is 3.67. The SMILES string of the molecule is O=C(O)c1ccc(CCCN2C(=O)CCC[C@@H]2/C=C/[C@@H](O)Cc2ccccc2)s1. The number of carboxylic acid groups (broad SMARTS) is 1. The van der Waals surface area contributed by atoms with Gasteiger partial charge in [-0.1, -0.05) is 42.5 Å². The number of piperidine rings is 1. The van der Waals surface area contributed by atoms with Gasteiger partial charge in [0.05, 0.1) is 12.1 Å². The van der Waals surface area contributed by atoms with Crippen molar-refractivity contribution in [1.29, 1.82) is 0 Å². The van der Waals surface area contributed by atoms with Gasteiger partial charge in [0.15, 0.2) is 0 Å². The van der Waals surface area contributed by atoms with Crippen LogP contribution >= 0.6 is 11.3 Å². The largest absolute Gasteiger partial charge is 0.477 e. The molecule has 0 radical (unpaired) electrons. The standard InChI is InChI=1S/C23H27NO4S/c25-19(16-17-6-2-1-3-7-17)12-11-18-8-4-10-22(26)24(18)15-5-9-20-13-14-21(29-20)23(27)28/h1-3,6-7,11-14,18-19,25H,4-5,8-10,15-16H2,(H,27,28)/b12-11+/t18-,19-/m1/s1. The molecule has 2 N–H and O–H groups in total. The van der Waals surface area contributed by atoms with E-state index >= 15 is 0 Å². The number of hydrogen-bond donors (Lipinski definition) is 2. The van der Waals surface area contributed by atoms with Crippen LogP contribution in [0.15, 0.2) is 54.6 Å². The number of nitrogens with zero attached hydrogens (tertiary/aromatic N) is 1. The lowest BCUT2D eigenvalue weighted by Crippen LogP contribution is -2.43. The fraction of sp³-hybridized carbons (Fsp3) is 0.391. The predicted molar refractivity (Wildman–Crippen MR) is 114 cm³/mol. The molecule has 0 unspecified atom stereocenters. The highest BCUT2D eigenvalue weighted by atomic mass is 32.1. The average Bonchev–Trinajstić information content (AvgIpc) is 3.18. The minimum atomic E-state index is -0.897. The van der Waals surface area contributed by atoms with Gasteiger partial charge in [-0.25, -0.2) is 4.79 Å². The van der Waals surface area contributed by atoms with E-state index in [1.54, 1.807) is 6.07 Å². The van der Waals surface area contributed by atoms with Gasteiger partial charge in [-0.05, 0) is 43.4 Å². The summed E-state index contributed by atoms with van der Waals surface area (Å²) in [5.74, 6) is -0.743. The van der Waals surface area contributed by atoms with E-state index in [4.69, 9.17) is 5.11 Å². The average molecular weight is 414 g/mol. The second kappa shape index (κ2) is 10.4. The van der Waals surface area contributed by atoms with Crippen molar-refractivity contribution in [1.82, 2.24) is 4.90 Å². The van der Waals surface area contributed by atoms with Gasteiger partial charge in [-0.3, -0.25) is 4.79 Å². The van der Waals surface area contributed by atoms with Crippen molar-refractivity contribution < 1.29 is 19.8 Å². The molecule has 0 saturated carbocycles. The van der Waals surface area contributed by atoms with Crippen molar-refractivity contribution in [2.24, 2.45) is 0 Å². The summed E-state index contributed by atoms with van der Waals surface area (Å²) in [4.78, 5) is 26.7. The van der Waals surface area contributed by atoms with E-state index in [9.17, 15) is 14.7 Å². The lowest BCUT2D eigenvalue weighted by Gasteiger charge is -2.34. The Labute approximate surface area is 175 Å². The lowest BCUT2D eigenvalue weighted by molar-refractivity contribution is -0.135. The molecular formula is C23H27NO4S. The molecule has 6 heteroatoms. The number of likely N-dealkylation sites (tertiary alicyclic amines) is 1. The molecule has 1 amide bonds. The molecule has 0 aliphatic carbocycles. The van der Waals surface area contributed by atoms with Crippen molar-refractivity contribution in [2.45, 2.75) is 50.7 Å². The Bertz CT molecular complexity index is 846. The van der Waals surface area contributed by atoms with Crippen molar-refractivity contribution >= 4 is 23.2 Å². The summed E-state index contributed by atoms with van der Waals surface area (Å²) in [5, 5.41) is 19.3. The zero-order valence-electron chi connectivity index (χ0n) is 16.4.